The molecule has 1 aliphatic carbocycles. The molecule has 1 fully saturated rings. The summed E-state index contributed by atoms with van der Waals surface area (Å²) in [6.07, 6.45) is 11.1. The fourth-order valence-electron chi connectivity index (χ4n) is 3.37. The van der Waals surface area contributed by atoms with Crippen molar-refractivity contribution in [1.82, 2.24) is 19.5 Å². The molecule has 3 aromatic rings. The minimum Gasteiger partial charge on any atom is -0.366 e. The summed E-state index contributed by atoms with van der Waals surface area (Å²) < 4.78 is 15.9. The van der Waals surface area contributed by atoms with Crippen LogP contribution in [0.2, 0.25) is 0 Å². The summed E-state index contributed by atoms with van der Waals surface area (Å²) in [7, 11) is 0. The molecule has 3 N–H and O–H groups in total. The number of carbonyl (C=O) groups is 1. The van der Waals surface area contributed by atoms with E-state index < -0.39 is 5.91 Å². The SMILES string of the molecule is NC(=O)c1ccn(-c2cnc(NCC3(c4ncccc4F)CCC3)nc2)c1. The van der Waals surface area contributed by atoms with Gasteiger partial charge in [0.05, 0.1) is 29.3 Å². The summed E-state index contributed by atoms with van der Waals surface area (Å²) in [5, 5.41) is 3.20. The lowest BCUT2D eigenvalue weighted by Crippen LogP contribution is -2.42. The molecule has 8 heteroatoms. The van der Waals surface area contributed by atoms with Gasteiger partial charge in [-0.3, -0.25) is 9.78 Å². The highest BCUT2D eigenvalue weighted by atomic mass is 19.1. The molecule has 0 atom stereocenters. The third-order valence-corrected chi connectivity index (χ3v) is 5.07. The van der Waals surface area contributed by atoms with Gasteiger partial charge in [0.2, 0.25) is 11.9 Å². The number of nitrogens with two attached hydrogens (primary N) is 1. The van der Waals surface area contributed by atoms with Crippen molar-refractivity contribution in [2.45, 2.75) is 24.7 Å². The van der Waals surface area contributed by atoms with E-state index in [9.17, 15) is 9.18 Å². The number of hydrogen-bond donors (Lipinski definition) is 2. The van der Waals surface area contributed by atoms with Gasteiger partial charge in [-0.15, -0.1) is 0 Å². The number of rotatable bonds is 6. The zero-order chi connectivity index (χ0) is 18.9. The van der Waals surface area contributed by atoms with Crippen LogP contribution in [0.5, 0.6) is 0 Å². The molecule has 0 saturated heterocycles. The molecule has 0 bridgehead atoms. The Hall–Kier alpha value is -3.29. The number of halogens is 1. The average Bonchev–Trinajstić information content (AvgIpc) is 3.13. The van der Waals surface area contributed by atoms with Crippen LogP contribution in [0.3, 0.4) is 0 Å². The molecule has 4 rings (SSSR count). The molecular formula is C19H19FN6O. The first-order valence-electron chi connectivity index (χ1n) is 8.72. The third kappa shape index (κ3) is 3.25. The molecule has 1 saturated carbocycles. The maximum atomic E-state index is 14.2. The van der Waals surface area contributed by atoms with Crippen LogP contribution >= 0.6 is 0 Å². The van der Waals surface area contributed by atoms with Gasteiger partial charge in [0, 0.05) is 30.6 Å². The number of carbonyl (C=O) groups excluding carboxylic acids is 1. The molecule has 138 valence electrons. The molecule has 1 aliphatic rings. The number of anilines is 1. The second kappa shape index (κ2) is 6.79. The molecule has 27 heavy (non-hydrogen) atoms. The van der Waals surface area contributed by atoms with Crippen molar-refractivity contribution in [3.63, 3.8) is 0 Å². The van der Waals surface area contributed by atoms with Crippen molar-refractivity contribution in [3.8, 4) is 5.69 Å². The second-order valence-electron chi connectivity index (χ2n) is 6.76. The van der Waals surface area contributed by atoms with Crippen molar-refractivity contribution in [2.24, 2.45) is 5.73 Å². The van der Waals surface area contributed by atoms with Crippen LogP contribution in [0.15, 0.2) is 49.2 Å². The molecular weight excluding hydrogens is 347 g/mol. The van der Waals surface area contributed by atoms with Crippen molar-refractivity contribution < 1.29 is 9.18 Å². The van der Waals surface area contributed by atoms with E-state index in [2.05, 4.69) is 20.3 Å². The second-order valence-corrected chi connectivity index (χ2v) is 6.76. The molecule has 0 radical (unpaired) electrons. The highest BCUT2D eigenvalue weighted by Crippen LogP contribution is 2.43. The predicted octanol–water partition coefficient (Wildman–Crippen LogP) is 2.43. The first-order valence-corrected chi connectivity index (χ1v) is 8.72. The molecule has 0 aromatic carbocycles. The van der Waals surface area contributed by atoms with Crippen LogP contribution in [-0.2, 0) is 5.41 Å². The predicted molar refractivity (Wildman–Crippen MR) is 98.1 cm³/mol. The van der Waals surface area contributed by atoms with E-state index in [4.69, 9.17) is 5.73 Å². The lowest BCUT2D eigenvalue weighted by molar-refractivity contribution is 0.100. The Balaban J connectivity index is 1.47. The molecule has 0 spiro atoms. The van der Waals surface area contributed by atoms with Crippen molar-refractivity contribution in [2.75, 3.05) is 11.9 Å². The number of amides is 1. The molecule has 3 aromatic heterocycles. The van der Waals surface area contributed by atoms with Crippen LogP contribution in [-0.4, -0.2) is 32.0 Å². The van der Waals surface area contributed by atoms with Gasteiger partial charge in [-0.25, -0.2) is 14.4 Å². The monoisotopic (exact) mass is 366 g/mol. The molecule has 0 unspecified atom stereocenters. The van der Waals surface area contributed by atoms with Gasteiger partial charge in [-0.05, 0) is 31.0 Å². The lowest BCUT2D eigenvalue weighted by Gasteiger charge is -2.41. The van der Waals surface area contributed by atoms with Crippen LogP contribution in [0.25, 0.3) is 5.69 Å². The highest BCUT2D eigenvalue weighted by molar-refractivity contribution is 5.92. The minimum atomic E-state index is -0.486. The summed E-state index contributed by atoms with van der Waals surface area (Å²) in [6, 6.07) is 4.69. The lowest BCUT2D eigenvalue weighted by atomic mass is 9.66. The number of nitrogens with zero attached hydrogens (tertiary/aromatic N) is 4. The van der Waals surface area contributed by atoms with Gasteiger partial charge in [-0.1, -0.05) is 6.42 Å². The summed E-state index contributed by atoms with van der Waals surface area (Å²) in [5.41, 5.74) is 6.58. The number of pyridine rings is 1. The Kier molecular flexibility index (Phi) is 4.31. The smallest absolute Gasteiger partial charge is 0.250 e. The standard InChI is InChI=1S/C19H19FN6O/c20-15-3-1-7-22-16(15)19(5-2-6-19)12-25-18-23-9-14(10-24-18)26-8-4-13(11-26)17(21)27/h1,3-4,7-11H,2,5-6,12H2,(H2,21,27)(H,23,24,25). The average molecular weight is 366 g/mol. The van der Waals surface area contributed by atoms with Crippen LogP contribution in [0.1, 0.15) is 35.3 Å². The van der Waals surface area contributed by atoms with Crippen molar-refractivity contribution in [3.05, 3.63) is 66.3 Å². The summed E-state index contributed by atoms with van der Waals surface area (Å²) >= 11 is 0. The Morgan fingerprint density at radius 2 is 2.04 bits per heavy atom. The summed E-state index contributed by atoms with van der Waals surface area (Å²) in [5.74, 6) is -0.294. The van der Waals surface area contributed by atoms with E-state index in [1.165, 1.54) is 6.07 Å². The summed E-state index contributed by atoms with van der Waals surface area (Å²) in [4.78, 5) is 24.1. The van der Waals surface area contributed by atoms with Gasteiger partial charge in [0.25, 0.3) is 0 Å². The van der Waals surface area contributed by atoms with E-state index in [1.807, 2.05) is 0 Å². The number of aromatic nitrogens is 4. The topological polar surface area (TPSA) is 98.7 Å². The van der Waals surface area contributed by atoms with Crippen LogP contribution in [0.4, 0.5) is 10.3 Å². The number of primary amides is 1. The minimum absolute atomic E-state index is 0.270. The molecule has 3 heterocycles. The fraction of sp³-hybridized carbons (Fsp3) is 0.263. The molecule has 1 amide bonds. The largest absolute Gasteiger partial charge is 0.366 e. The Morgan fingerprint density at radius 1 is 1.26 bits per heavy atom. The first-order chi connectivity index (χ1) is 13.1. The Labute approximate surface area is 155 Å². The normalized spacial score (nSPS) is 15.1. The van der Waals surface area contributed by atoms with E-state index in [0.717, 1.165) is 19.3 Å². The third-order valence-electron chi connectivity index (χ3n) is 5.07. The Morgan fingerprint density at radius 3 is 2.63 bits per heavy atom. The van der Waals surface area contributed by atoms with Gasteiger partial charge in [0.1, 0.15) is 5.82 Å². The van der Waals surface area contributed by atoms with Crippen LogP contribution < -0.4 is 11.1 Å². The van der Waals surface area contributed by atoms with Gasteiger partial charge in [-0.2, -0.15) is 0 Å². The number of nitrogens with one attached hydrogen (secondary N) is 1. The van der Waals surface area contributed by atoms with E-state index in [0.29, 0.717) is 29.4 Å². The van der Waals surface area contributed by atoms with Crippen molar-refractivity contribution >= 4 is 11.9 Å². The zero-order valence-electron chi connectivity index (χ0n) is 14.6. The number of hydrogen-bond acceptors (Lipinski definition) is 5. The maximum Gasteiger partial charge on any atom is 0.250 e. The summed E-state index contributed by atoms with van der Waals surface area (Å²) in [6.45, 7) is 0.523. The zero-order valence-corrected chi connectivity index (χ0v) is 14.6. The van der Waals surface area contributed by atoms with E-state index >= 15 is 0 Å². The molecule has 7 nitrogen and oxygen atoms in total. The van der Waals surface area contributed by atoms with E-state index in [1.54, 1.807) is 47.7 Å². The fourth-order valence-corrected chi connectivity index (χ4v) is 3.37. The maximum absolute atomic E-state index is 14.2. The molecule has 0 aliphatic heterocycles. The first kappa shape index (κ1) is 17.1. The quantitative estimate of drug-likeness (QED) is 0.698. The van der Waals surface area contributed by atoms with E-state index in [-0.39, 0.29) is 11.2 Å². The van der Waals surface area contributed by atoms with Gasteiger partial charge < -0.3 is 15.6 Å². The highest BCUT2D eigenvalue weighted by Gasteiger charge is 2.41. The van der Waals surface area contributed by atoms with Crippen LogP contribution in [0, 0.1) is 5.82 Å². The Bertz CT molecular complexity index is 964. The van der Waals surface area contributed by atoms with Crippen molar-refractivity contribution in [1.29, 1.82) is 0 Å². The van der Waals surface area contributed by atoms with Gasteiger partial charge >= 0.3 is 0 Å². The van der Waals surface area contributed by atoms with Gasteiger partial charge in [0.15, 0.2) is 0 Å².